The monoisotopic (exact) mass is 354 g/mol. The van der Waals surface area contributed by atoms with Gasteiger partial charge in [0.15, 0.2) is 0 Å². The summed E-state index contributed by atoms with van der Waals surface area (Å²) < 4.78 is 5.20. The highest BCUT2D eigenvalue weighted by Crippen LogP contribution is 2.24. The molecule has 128 valence electrons. The van der Waals surface area contributed by atoms with Gasteiger partial charge in [-0.1, -0.05) is 12.1 Å². The highest BCUT2D eigenvalue weighted by Gasteiger charge is 2.11. The third-order valence-corrected chi connectivity index (χ3v) is 4.60. The molecule has 0 radical (unpaired) electrons. The van der Waals surface area contributed by atoms with Gasteiger partial charge >= 0.3 is 0 Å². The number of nitrogens with zero attached hydrogens (tertiary/aromatic N) is 1. The number of ether oxygens (including phenoxy) is 1. The second-order valence-electron chi connectivity index (χ2n) is 5.38. The molecular weight excluding hydrogens is 336 g/mol. The summed E-state index contributed by atoms with van der Waals surface area (Å²) in [6, 6.07) is 14.1. The van der Waals surface area contributed by atoms with Crippen molar-refractivity contribution in [3.8, 4) is 22.8 Å². The van der Waals surface area contributed by atoms with E-state index in [-0.39, 0.29) is 11.7 Å². The van der Waals surface area contributed by atoms with Crippen molar-refractivity contribution in [1.29, 1.82) is 0 Å². The van der Waals surface area contributed by atoms with Crippen LogP contribution < -0.4 is 10.1 Å². The summed E-state index contributed by atoms with van der Waals surface area (Å²) >= 11 is 1.55. The first-order valence-electron chi connectivity index (χ1n) is 7.82. The van der Waals surface area contributed by atoms with E-state index in [1.54, 1.807) is 42.7 Å². The second-order valence-corrected chi connectivity index (χ2v) is 6.32. The summed E-state index contributed by atoms with van der Waals surface area (Å²) in [5.41, 5.74) is 2.35. The number of aromatic nitrogens is 1. The number of carbonyl (C=O) groups is 1. The summed E-state index contributed by atoms with van der Waals surface area (Å²) in [7, 11) is 1.55. The quantitative estimate of drug-likeness (QED) is 0.711. The molecule has 0 saturated heterocycles. The lowest BCUT2D eigenvalue weighted by molar-refractivity contribution is 0.0951. The minimum Gasteiger partial charge on any atom is -0.508 e. The Hall–Kier alpha value is -2.86. The van der Waals surface area contributed by atoms with E-state index in [1.165, 1.54) is 0 Å². The molecule has 6 heteroatoms. The fraction of sp³-hybridized carbons (Fsp3) is 0.158. The molecule has 0 unspecified atom stereocenters. The fourth-order valence-corrected chi connectivity index (χ4v) is 3.21. The normalized spacial score (nSPS) is 10.4. The molecule has 0 aliphatic rings. The zero-order valence-corrected chi connectivity index (χ0v) is 14.5. The lowest BCUT2D eigenvalue weighted by Gasteiger charge is -2.08. The molecule has 0 aliphatic carbocycles. The van der Waals surface area contributed by atoms with Gasteiger partial charge in [-0.2, -0.15) is 0 Å². The summed E-state index contributed by atoms with van der Waals surface area (Å²) in [5, 5.41) is 15.2. The van der Waals surface area contributed by atoms with Crippen molar-refractivity contribution < 1.29 is 14.6 Å². The van der Waals surface area contributed by atoms with Gasteiger partial charge in [-0.15, -0.1) is 11.3 Å². The van der Waals surface area contributed by atoms with Crippen LogP contribution in [0.4, 0.5) is 0 Å². The molecule has 5 nitrogen and oxygen atoms in total. The first-order chi connectivity index (χ1) is 12.2. The standard InChI is InChI=1S/C19H18N2O3S/c1-24-17-5-3-2-4-15(17)19(23)20-11-10-18-21-16(12-25-18)13-6-8-14(22)9-7-13/h2-9,12,22H,10-11H2,1H3,(H,20,23). The number of carbonyl (C=O) groups excluding carboxylic acids is 1. The minimum atomic E-state index is -0.159. The van der Waals surface area contributed by atoms with Gasteiger partial charge in [0.25, 0.3) is 5.91 Å². The Kier molecular flexibility index (Phi) is 5.30. The van der Waals surface area contributed by atoms with Crippen LogP contribution >= 0.6 is 11.3 Å². The number of thiazole rings is 1. The van der Waals surface area contributed by atoms with Gasteiger partial charge in [0, 0.05) is 23.9 Å². The predicted molar refractivity (Wildman–Crippen MR) is 98.2 cm³/mol. The third kappa shape index (κ3) is 4.16. The van der Waals surface area contributed by atoms with E-state index in [0.29, 0.717) is 24.3 Å². The van der Waals surface area contributed by atoms with Crippen molar-refractivity contribution in [2.75, 3.05) is 13.7 Å². The summed E-state index contributed by atoms with van der Waals surface area (Å²) in [6.07, 6.45) is 0.656. The first-order valence-corrected chi connectivity index (χ1v) is 8.70. The summed E-state index contributed by atoms with van der Waals surface area (Å²) in [6.45, 7) is 0.499. The van der Waals surface area contributed by atoms with Gasteiger partial charge < -0.3 is 15.2 Å². The van der Waals surface area contributed by atoms with E-state index in [1.807, 2.05) is 29.6 Å². The maximum atomic E-state index is 12.2. The molecule has 2 aromatic carbocycles. The Bertz CT molecular complexity index is 859. The maximum absolute atomic E-state index is 12.2. The topological polar surface area (TPSA) is 71.5 Å². The van der Waals surface area contributed by atoms with E-state index in [2.05, 4.69) is 10.3 Å². The Morgan fingerprint density at radius 2 is 1.96 bits per heavy atom. The van der Waals surface area contributed by atoms with Gasteiger partial charge in [0.05, 0.1) is 23.4 Å². The van der Waals surface area contributed by atoms with E-state index in [9.17, 15) is 9.90 Å². The lowest BCUT2D eigenvalue weighted by Crippen LogP contribution is -2.26. The third-order valence-electron chi connectivity index (χ3n) is 3.69. The number of nitrogens with one attached hydrogen (secondary N) is 1. The van der Waals surface area contributed by atoms with E-state index < -0.39 is 0 Å². The zero-order valence-electron chi connectivity index (χ0n) is 13.7. The highest BCUT2D eigenvalue weighted by molar-refractivity contribution is 7.09. The number of phenolic OH excluding ortho intramolecular Hbond substituents is 1. The molecule has 2 N–H and O–H groups in total. The maximum Gasteiger partial charge on any atom is 0.255 e. The van der Waals surface area contributed by atoms with Crippen molar-refractivity contribution in [3.63, 3.8) is 0 Å². The van der Waals surface area contributed by atoms with Crippen LogP contribution in [0.5, 0.6) is 11.5 Å². The predicted octanol–water partition coefficient (Wildman–Crippen LogP) is 3.50. The first kappa shape index (κ1) is 17.0. The number of methoxy groups -OCH3 is 1. The van der Waals surface area contributed by atoms with E-state index >= 15 is 0 Å². The number of benzene rings is 2. The Balaban J connectivity index is 1.57. The second kappa shape index (κ2) is 7.81. The summed E-state index contributed by atoms with van der Waals surface area (Å²) in [4.78, 5) is 16.8. The molecule has 0 atom stereocenters. The average molecular weight is 354 g/mol. The fourth-order valence-electron chi connectivity index (χ4n) is 2.40. The van der Waals surface area contributed by atoms with Crippen LogP contribution in [-0.4, -0.2) is 29.7 Å². The molecular formula is C19H18N2O3S. The van der Waals surface area contributed by atoms with Gasteiger partial charge in [-0.25, -0.2) is 4.98 Å². The number of para-hydroxylation sites is 1. The van der Waals surface area contributed by atoms with Crippen LogP contribution in [0.2, 0.25) is 0 Å². The largest absolute Gasteiger partial charge is 0.508 e. The Morgan fingerprint density at radius 1 is 1.20 bits per heavy atom. The molecule has 0 aliphatic heterocycles. The van der Waals surface area contributed by atoms with Gasteiger partial charge in [-0.05, 0) is 36.4 Å². The van der Waals surface area contributed by atoms with E-state index in [0.717, 1.165) is 16.3 Å². The smallest absolute Gasteiger partial charge is 0.255 e. The van der Waals surface area contributed by atoms with Crippen LogP contribution in [-0.2, 0) is 6.42 Å². The van der Waals surface area contributed by atoms with Crippen LogP contribution in [0.15, 0.2) is 53.9 Å². The molecule has 0 bridgehead atoms. The molecule has 3 aromatic rings. The Morgan fingerprint density at radius 3 is 2.72 bits per heavy atom. The molecule has 25 heavy (non-hydrogen) atoms. The number of amides is 1. The van der Waals surface area contributed by atoms with Crippen molar-refractivity contribution >= 4 is 17.2 Å². The van der Waals surface area contributed by atoms with Crippen LogP contribution in [0.3, 0.4) is 0 Å². The van der Waals surface area contributed by atoms with Gasteiger partial charge in [0.2, 0.25) is 0 Å². The molecule has 3 rings (SSSR count). The molecule has 0 spiro atoms. The summed E-state index contributed by atoms with van der Waals surface area (Å²) in [5.74, 6) is 0.634. The molecule has 0 saturated carbocycles. The van der Waals surface area contributed by atoms with Crippen molar-refractivity contribution in [2.45, 2.75) is 6.42 Å². The average Bonchev–Trinajstić information content (AvgIpc) is 3.11. The van der Waals surface area contributed by atoms with Crippen LogP contribution in [0.25, 0.3) is 11.3 Å². The van der Waals surface area contributed by atoms with Crippen molar-refractivity contribution in [1.82, 2.24) is 10.3 Å². The number of phenols is 1. The minimum absolute atomic E-state index is 0.159. The molecule has 1 amide bonds. The number of rotatable bonds is 6. The Labute approximate surface area is 149 Å². The number of hydrogen-bond donors (Lipinski definition) is 2. The van der Waals surface area contributed by atoms with Gasteiger partial charge in [-0.3, -0.25) is 4.79 Å². The molecule has 0 fully saturated rings. The van der Waals surface area contributed by atoms with Gasteiger partial charge in [0.1, 0.15) is 11.5 Å². The zero-order chi connectivity index (χ0) is 17.6. The highest BCUT2D eigenvalue weighted by atomic mass is 32.1. The van der Waals surface area contributed by atoms with Crippen LogP contribution in [0, 0.1) is 0 Å². The van der Waals surface area contributed by atoms with E-state index in [4.69, 9.17) is 4.74 Å². The number of hydrogen-bond acceptors (Lipinski definition) is 5. The SMILES string of the molecule is COc1ccccc1C(=O)NCCc1nc(-c2ccc(O)cc2)cs1. The van der Waals surface area contributed by atoms with Crippen molar-refractivity contribution in [2.24, 2.45) is 0 Å². The molecule has 1 aromatic heterocycles. The van der Waals surface area contributed by atoms with Crippen molar-refractivity contribution in [3.05, 3.63) is 64.5 Å². The number of aromatic hydroxyl groups is 1. The molecule has 1 heterocycles. The lowest BCUT2D eigenvalue weighted by atomic mass is 10.2. The van der Waals surface area contributed by atoms with Crippen LogP contribution in [0.1, 0.15) is 15.4 Å².